The maximum atomic E-state index is 8.50. The lowest BCUT2D eigenvalue weighted by atomic mass is 9.90. The van der Waals surface area contributed by atoms with E-state index in [9.17, 15) is 0 Å². The quantitative estimate of drug-likeness (QED) is 0.636. The molecule has 0 rings (SSSR count). The molecule has 0 aromatic heterocycles. The van der Waals surface area contributed by atoms with E-state index in [4.69, 9.17) is 15.3 Å². The van der Waals surface area contributed by atoms with Crippen molar-refractivity contribution >= 4 is 0 Å². The molecular formula is C12H28O3. The van der Waals surface area contributed by atoms with Crippen LogP contribution in [-0.4, -0.2) is 28.2 Å². The standard InChI is InChI=1S/C8H18O2.C4H10O/c1-8(2,3)6-4-5-7(9)10;1-4(2)3-5/h7,9-10H,4-6H2,1-3H3;4-5H,3H2,1-2H3. The number of hydrogen-bond donors (Lipinski definition) is 3. The zero-order chi connectivity index (χ0) is 12.5. The maximum absolute atomic E-state index is 8.50. The maximum Gasteiger partial charge on any atom is 0.151 e. The fourth-order valence-electron chi connectivity index (χ4n) is 0.815. The highest BCUT2D eigenvalue weighted by molar-refractivity contribution is 4.60. The Hall–Kier alpha value is -0.120. The number of aliphatic hydroxyl groups is 3. The summed E-state index contributed by atoms with van der Waals surface area (Å²) in [7, 11) is 0. The molecule has 3 nitrogen and oxygen atoms in total. The average Bonchev–Trinajstić information content (AvgIpc) is 2.02. The Balaban J connectivity index is 0. The van der Waals surface area contributed by atoms with E-state index in [-0.39, 0.29) is 0 Å². The third-order valence-corrected chi connectivity index (χ3v) is 1.75. The number of hydrogen-bond acceptors (Lipinski definition) is 3. The van der Waals surface area contributed by atoms with E-state index >= 15 is 0 Å². The van der Waals surface area contributed by atoms with E-state index in [2.05, 4.69) is 20.8 Å². The van der Waals surface area contributed by atoms with Crippen molar-refractivity contribution in [3.05, 3.63) is 0 Å². The SMILES string of the molecule is CC(C)(C)CCCC(O)O.CC(C)CO. The van der Waals surface area contributed by atoms with Gasteiger partial charge >= 0.3 is 0 Å². The minimum absolute atomic E-state index is 0.306. The van der Waals surface area contributed by atoms with Gasteiger partial charge in [-0.2, -0.15) is 0 Å². The van der Waals surface area contributed by atoms with Crippen molar-refractivity contribution in [2.45, 2.75) is 60.2 Å². The first kappa shape index (κ1) is 17.3. The molecule has 0 unspecified atom stereocenters. The second-order valence-corrected chi connectivity index (χ2v) is 5.51. The lowest BCUT2D eigenvalue weighted by Gasteiger charge is -2.17. The molecule has 0 aliphatic rings. The monoisotopic (exact) mass is 220 g/mol. The molecule has 15 heavy (non-hydrogen) atoms. The van der Waals surface area contributed by atoms with Gasteiger partial charge in [-0.25, -0.2) is 0 Å². The van der Waals surface area contributed by atoms with Crippen molar-refractivity contribution in [1.29, 1.82) is 0 Å². The van der Waals surface area contributed by atoms with Gasteiger partial charge < -0.3 is 15.3 Å². The second kappa shape index (κ2) is 9.13. The van der Waals surface area contributed by atoms with Crippen LogP contribution in [0.1, 0.15) is 53.9 Å². The largest absolute Gasteiger partial charge is 0.396 e. The van der Waals surface area contributed by atoms with Crippen LogP contribution in [0.25, 0.3) is 0 Å². The van der Waals surface area contributed by atoms with E-state index in [0.717, 1.165) is 12.8 Å². The summed E-state index contributed by atoms with van der Waals surface area (Å²) in [4.78, 5) is 0. The minimum atomic E-state index is -1.12. The van der Waals surface area contributed by atoms with Gasteiger partial charge in [0.2, 0.25) is 0 Å². The molecule has 0 heterocycles. The highest BCUT2D eigenvalue weighted by Gasteiger charge is 2.09. The normalized spacial score (nSPS) is 11.6. The summed E-state index contributed by atoms with van der Waals surface area (Å²) in [6.07, 6.45) is 1.31. The van der Waals surface area contributed by atoms with E-state index in [0.29, 0.717) is 24.4 Å². The van der Waals surface area contributed by atoms with Crippen LogP contribution in [0, 0.1) is 11.3 Å². The summed E-state index contributed by atoms with van der Waals surface area (Å²) >= 11 is 0. The highest BCUT2D eigenvalue weighted by atomic mass is 16.5. The molecule has 0 aromatic rings. The summed E-state index contributed by atoms with van der Waals surface area (Å²) in [6, 6.07) is 0. The topological polar surface area (TPSA) is 60.7 Å². The molecule has 0 fully saturated rings. The van der Waals surface area contributed by atoms with Crippen molar-refractivity contribution in [3.63, 3.8) is 0 Å². The van der Waals surface area contributed by atoms with Gasteiger partial charge in [0.05, 0.1) is 0 Å². The Morgan fingerprint density at radius 2 is 1.47 bits per heavy atom. The first-order valence-electron chi connectivity index (χ1n) is 5.66. The summed E-state index contributed by atoms with van der Waals surface area (Å²) in [6.45, 7) is 10.7. The Bertz CT molecular complexity index is 125. The average molecular weight is 220 g/mol. The molecule has 3 heteroatoms. The zero-order valence-corrected chi connectivity index (χ0v) is 10.8. The van der Waals surface area contributed by atoms with Crippen LogP contribution in [-0.2, 0) is 0 Å². The smallest absolute Gasteiger partial charge is 0.151 e. The van der Waals surface area contributed by atoms with Crippen molar-refractivity contribution in [3.8, 4) is 0 Å². The summed E-state index contributed by atoms with van der Waals surface area (Å²) in [5.74, 6) is 0.440. The van der Waals surface area contributed by atoms with E-state index in [1.54, 1.807) is 0 Å². The third-order valence-electron chi connectivity index (χ3n) is 1.75. The molecule has 0 saturated heterocycles. The van der Waals surface area contributed by atoms with Crippen LogP contribution in [0.5, 0.6) is 0 Å². The molecule has 0 bridgehead atoms. The van der Waals surface area contributed by atoms with Gasteiger partial charge in [-0.1, -0.05) is 34.6 Å². The molecule has 0 aliphatic heterocycles. The van der Waals surface area contributed by atoms with Gasteiger partial charge in [0.15, 0.2) is 6.29 Å². The Kier molecular flexibility index (Phi) is 10.5. The summed E-state index contributed by atoms with van der Waals surface area (Å²) in [5.41, 5.74) is 0.314. The van der Waals surface area contributed by atoms with Crippen LogP contribution in [0.3, 0.4) is 0 Å². The lowest BCUT2D eigenvalue weighted by molar-refractivity contribution is -0.0476. The highest BCUT2D eigenvalue weighted by Crippen LogP contribution is 2.21. The number of aliphatic hydroxyl groups excluding tert-OH is 2. The van der Waals surface area contributed by atoms with Crippen molar-refractivity contribution in [2.75, 3.05) is 6.61 Å². The fourth-order valence-corrected chi connectivity index (χ4v) is 0.815. The predicted octanol–water partition coefficient (Wildman–Crippen LogP) is 2.15. The molecule has 0 aliphatic carbocycles. The zero-order valence-electron chi connectivity index (χ0n) is 10.8. The van der Waals surface area contributed by atoms with Gasteiger partial charge in [0.25, 0.3) is 0 Å². The molecule has 0 atom stereocenters. The Labute approximate surface area is 94.1 Å². The van der Waals surface area contributed by atoms with E-state index in [1.807, 2.05) is 13.8 Å². The van der Waals surface area contributed by atoms with E-state index in [1.165, 1.54) is 0 Å². The van der Waals surface area contributed by atoms with Crippen LogP contribution in [0.15, 0.2) is 0 Å². The molecule has 0 amide bonds. The van der Waals surface area contributed by atoms with Crippen molar-refractivity contribution < 1.29 is 15.3 Å². The first-order valence-corrected chi connectivity index (χ1v) is 5.66. The van der Waals surface area contributed by atoms with Gasteiger partial charge in [-0.15, -0.1) is 0 Å². The van der Waals surface area contributed by atoms with Gasteiger partial charge in [0, 0.05) is 6.61 Å². The molecule has 0 radical (unpaired) electrons. The van der Waals surface area contributed by atoms with Gasteiger partial charge in [0.1, 0.15) is 0 Å². The van der Waals surface area contributed by atoms with Crippen molar-refractivity contribution in [2.24, 2.45) is 11.3 Å². The second-order valence-electron chi connectivity index (χ2n) is 5.51. The Morgan fingerprint density at radius 1 is 1.07 bits per heavy atom. The first-order chi connectivity index (χ1) is 6.69. The molecule has 0 spiro atoms. The predicted molar refractivity (Wildman–Crippen MR) is 63.5 cm³/mol. The third kappa shape index (κ3) is 24.8. The van der Waals surface area contributed by atoms with Crippen molar-refractivity contribution in [1.82, 2.24) is 0 Å². The van der Waals surface area contributed by atoms with Crippen LogP contribution < -0.4 is 0 Å². The van der Waals surface area contributed by atoms with Crippen LogP contribution in [0.2, 0.25) is 0 Å². The summed E-state index contributed by atoms with van der Waals surface area (Å²) in [5, 5.41) is 25.2. The molecule has 94 valence electrons. The molecule has 0 aromatic carbocycles. The Morgan fingerprint density at radius 3 is 1.67 bits per heavy atom. The van der Waals surface area contributed by atoms with Crippen LogP contribution in [0.4, 0.5) is 0 Å². The van der Waals surface area contributed by atoms with Gasteiger partial charge in [-0.05, 0) is 30.6 Å². The minimum Gasteiger partial charge on any atom is -0.396 e. The fraction of sp³-hybridized carbons (Fsp3) is 1.00. The van der Waals surface area contributed by atoms with Gasteiger partial charge in [-0.3, -0.25) is 0 Å². The number of rotatable bonds is 4. The molecule has 0 saturated carbocycles. The molecular weight excluding hydrogens is 192 g/mol. The lowest BCUT2D eigenvalue weighted by Crippen LogP contribution is -2.08. The summed E-state index contributed by atoms with van der Waals surface area (Å²) < 4.78 is 0. The van der Waals surface area contributed by atoms with Crippen LogP contribution >= 0.6 is 0 Å². The van der Waals surface area contributed by atoms with E-state index < -0.39 is 6.29 Å². The molecule has 3 N–H and O–H groups in total.